The Morgan fingerprint density at radius 3 is 2.38 bits per heavy atom. The summed E-state index contributed by atoms with van der Waals surface area (Å²) in [7, 11) is -4.28. The van der Waals surface area contributed by atoms with Crippen LogP contribution in [0.5, 0.6) is 0 Å². The highest BCUT2D eigenvalue weighted by molar-refractivity contribution is 7.91. The maximum atomic E-state index is 13.6. The Morgan fingerprint density at radius 2 is 2.00 bits per heavy atom. The summed E-state index contributed by atoms with van der Waals surface area (Å²) in [6.45, 7) is 1.83. The summed E-state index contributed by atoms with van der Waals surface area (Å²) in [6, 6.07) is 0. The van der Waals surface area contributed by atoms with Crippen molar-refractivity contribution in [3.63, 3.8) is 0 Å². The molecular formula is C11H18F2O2S. The lowest BCUT2D eigenvalue weighted by molar-refractivity contribution is 0.0128. The number of sulfone groups is 1. The van der Waals surface area contributed by atoms with E-state index in [0.717, 1.165) is 25.7 Å². The van der Waals surface area contributed by atoms with E-state index in [1.807, 2.05) is 6.92 Å². The van der Waals surface area contributed by atoms with Crippen LogP contribution in [0.4, 0.5) is 8.78 Å². The van der Waals surface area contributed by atoms with Crippen molar-refractivity contribution in [3.8, 4) is 0 Å². The van der Waals surface area contributed by atoms with Gasteiger partial charge in [-0.25, -0.2) is 8.42 Å². The normalized spacial score (nSPS) is 39.2. The quantitative estimate of drug-likeness (QED) is 0.774. The SMILES string of the molecule is CC1(CC(F)(F)S(C)(=O)=O)CC2CCC1C2. The number of hydrogen-bond donors (Lipinski definition) is 0. The van der Waals surface area contributed by atoms with Crippen LogP contribution < -0.4 is 0 Å². The average molecular weight is 252 g/mol. The van der Waals surface area contributed by atoms with Crippen LogP contribution in [0.3, 0.4) is 0 Å². The first-order valence-corrected chi connectivity index (χ1v) is 7.61. The molecule has 0 aromatic carbocycles. The molecule has 2 saturated carbocycles. The number of rotatable bonds is 3. The van der Waals surface area contributed by atoms with Crippen LogP contribution in [0.1, 0.15) is 39.0 Å². The van der Waals surface area contributed by atoms with Gasteiger partial charge in [-0.3, -0.25) is 0 Å². The van der Waals surface area contributed by atoms with E-state index in [0.29, 0.717) is 18.1 Å². The lowest BCUT2D eigenvalue weighted by Crippen LogP contribution is -2.37. The van der Waals surface area contributed by atoms with E-state index in [-0.39, 0.29) is 0 Å². The van der Waals surface area contributed by atoms with Crippen LogP contribution in [0, 0.1) is 17.3 Å². The minimum Gasteiger partial charge on any atom is -0.223 e. The standard InChI is InChI=1S/C11H18F2O2S/c1-10(6-8-3-4-9(10)5-8)7-11(12,13)16(2,14)15/h8-9H,3-7H2,1-2H3. The van der Waals surface area contributed by atoms with Crippen molar-refractivity contribution < 1.29 is 17.2 Å². The maximum absolute atomic E-state index is 13.6. The van der Waals surface area contributed by atoms with Crippen molar-refractivity contribution in [1.82, 2.24) is 0 Å². The molecule has 5 heteroatoms. The highest BCUT2D eigenvalue weighted by atomic mass is 32.2. The van der Waals surface area contributed by atoms with Gasteiger partial charge in [-0.05, 0) is 36.5 Å². The van der Waals surface area contributed by atoms with Crippen LogP contribution in [0.15, 0.2) is 0 Å². The zero-order valence-electron chi connectivity index (χ0n) is 9.67. The molecule has 16 heavy (non-hydrogen) atoms. The largest absolute Gasteiger partial charge is 0.345 e. The number of alkyl halides is 2. The number of fused-ring (bicyclic) bond motifs is 2. The third-order valence-corrected chi connectivity index (χ3v) is 5.66. The Bertz CT molecular complexity index is 391. The Hall–Kier alpha value is -0.190. The third-order valence-electron chi connectivity index (χ3n) is 4.43. The summed E-state index contributed by atoms with van der Waals surface area (Å²) in [5, 5.41) is -3.56. The molecule has 0 spiro atoms. The van der Waals surface area contributed by atoms with E-state index in [1.165, 1.54) is 0 Å². The predicted molar refractivity (Wildman–Crippen MR) is 58.0 cm³/mol. The van der Waals surface area contributed by atoms with E-state index in [9.17, 15) is 17.2 Å². The molecule has 94 valence electrons. The molecule has 2 fully saturated rings. The Kier molecular flexibility index (Phi) is 2.61. The molecule has 0 aromatic rings. The van der Waals surface area contributed by atoms with Crippen molar-refractivity contribution in [3.05, 3.63) is 0 Å². The summed E-state index contributed by atoms with van der Waals surface area (Å²) >= 11 is 0. The smallest absolute Gasteiger partial charge is 0.223 e. The van der Waals surface area contributed by atoms with Gasteiger partial charge < -0.3 is 0 Å². The molecule has 0 radical (unpaired) electrons. The molecule has 0 saturated heterocycles. The summed E-state index contributed by atoms with van der Waals surface area (Å²) in [5.74, 6) is 0.843. The van der Waals surface area contributed by atoms with Crippen LogP contribution >= 0.6 is 0 Å². The van der Waals surface area contributed by atoms with Gasteiger partial charge in [-0.2, -0.15) is 8.78 Å². The highest BCUT2D eigenvalue weighted by Crippen LogP contribution is 2.59. The van der Waals surface area contributed by atoms with Crippen molar-refractivity contribution >= 4 is 9.84 Å². The molecule has 0 aliphatic heterocycles. The topological polar surface area (TPSA) is 34.1 Å². The Balaban J connectivity index is 2.16. The van der Waals surface area contributed by atoms with Crippen LogP contribution in [-0.2, 0) is 9.84 Å². The van der Waals surface area contributed by atoms with Gasteiger partial charge >= 0.3 is 5.25 Å². The number of halogens is 2. The van der Waals surface area contributed by atoms with Crippen molar-refractivity contribution in [1.29, 1.82) is 0 Å². The second kappa shape index (κ2) is 3.40. The molecule has 3 atom stereocenters. The first-order valence-electron chi connectivity index (χ1n) is 5.71. The van der Waals surface area contributed by atoms with Gasteiger partial charge in [0.05, 0.1) is 0 Å². The summed E-state index contributed by atoms with van der Waals surface area (Å²) in [5.41, 5.74) is -0.477. The van der Waals surface area contributed by atoms with Crippen LogP contribution in [0.2, 0.25) is 0 Å². The fourth-order valence-corrected chi connectivity index (χ4v) is 4.13. The van der Waals surface area contributed by atoms with Gasteiger partial charge in [0.25, 0.3) is 0 Å². The first-order chi connectivity index (χ1) is 7.14. The van der Waals surface area contributed by atoms with Crippen LogP contribution in [-0.4, -0.2) is 19.9 Å². The minimum absolute atomic E-state index is 0.296. The molecule has 0 heterocycles. The fourth-order valence-electron chi connectivity index (χ4n) is 3.54. The van der Waals surface area contributed by atoms with E-state index in [1.54, 1.807) is 0 Å². The van der Waals surface area contributed by atoms with E-state index < -0.39 is 26.9 Å². The van der Waals surface area contributed by atoms with E-state index >= 15 is 0 Å². The highest BCUT2D eigenvalue weighted by Gasteiger charge is 2.55. The molecule has 0 amide bonds. The van der Waals surface area contributed by atoms with Gasteiger partial charge in [0.1, 0.15) is 0 Å². The van der Waals surface area contributed by atoms with E-state index in [4.69, 9.17) is 0 Å². The van der Waals surface area contributed by atoms with Crippen molar-refractivity contribution in [2.24, 2.45) is 17.3 Å². The maximum Gasteiger partial charge on any atom is 0.345 e. The molecule has 2 bridgehead atoms. The molecule has 3 unspecified atom stereocenters. The first kappa shape index (κ1) is 12.3. The molecular weight excluding hydrogens is 234 g/mol. The summed E-state index contributed by atoms with van der Waals surface area (Å²) in [4.78, 5) is 0. The Morgan fingerprint density at radius 1 is 1.38 bits per heavy atom. The lowest BCUT2D eigenvalue weighted by atomic mass is 9.72. The molecule has 2 aliphatic rings. The third kappa shape index (κ3) is 1.87. The summed E-state index contributed by atoms with van der Waals surface area (Å²) in [6.07, 6.45) is 4.02. The molecule has 0 aromatic heterocycles. The van der Waals surface area contributed by atoms with Gasteiger partial charge in [-0.1, -0.05) is 13.3 Å². The zero-order chi connectivity index (χ0) is 12.2. The second-order valence-corrected chi connectivity index (χ2v) is 7.96. The van der Waals surface area contributed by atoms with Gasteiger partial charge in [-0.15, -0.1) is 0 Å². The van der Waals surface area contributed by atoms with Gasteiger partial charge in [0, 0.05) is 12.7 Å². The fraction of sp³-hybridized carbons (Fsp3) is 1.00. The molecule has 2 aliphatic carbocycles. The Labute approximate surface area is 95.3 Å². The predicted octanol–water partition coefficient (Wildman–Crippen LogP) is 2.84. The summed E-state index contributed by atoms with van der Waals surface area (Å²) < 4.78 is 49.2. The molecule has 2 nitrogen and oxygen atoms in total. The molecule has 2 rings (SSSR count). The van der Waals surface area contributed by atoms with Crippen molar-refractivity contribution in [2.75, 3.05) is 6.26 Å². The average Bonchev–Trinajstić information content (AvgIpc) is 2.58. The number of hydrogen-bond acceptors (Lipinski definition) is 2. The second-order valence-electron chi connectivity index (χ2n) is 5.82. The zero-order valence-corrected chi connectivity index (χ0v) is 10.5. The minimum atomic E-state index is -4.28. The van der Waals surface area contributed by atoms with Crippen LogP contribution in [0.25, 0.3) is 0 Å². The monoisotopic (exact) mass is 252 g/mol. The van der Waals surface area contributed by atoms with Gasteiger partial charge in [0.2, 0.25) is 9.84 Å². The lowest BCUT2D eigenvalue weighted by Gasteiger charge is -2.36. The van der Waals surface area contributed by atoms with Gasteiger partial charge in [0.15, 0.2) is 0 Å². The van der Waals surface area contributed by atoms with E-state index in [2.05, 4.69) is 0 Å². The van der Waals surface area contributed by atoms with Crippen molar-refractivity contribution in [2.45, 2.75) is 44.3 Å². The molecule has 0 N–H and O–H groups in total.